The SMILES string of the molecule is O=C(Nc1cccc2ccccc12)[C@@](C#Cc1ccccc1)(CCC(F)(F)F)c1ccccc1. The number of fused-ring (bicyclic) bond motifs is 1. The zero-order valence-corrected chi connectivity index (χ0v) is 18.3. The number of anilines is 1. The molecular formula is C29H22F3NO. The van der Waals surface area contributed by atoms with Crippen LogP contribution in [0, 0.1) is 11.8 Å². The number of hydrogen-bond donors (Lipinski definition) is 1. The number of carbonyl (C=O) groups excluding carboxylic acids is 1. The average Bonchev–Trinajstić information content (AvgIpc) is 2.85. The monoisotopic (exact) mass is 457 g/mol. The van der Waals surface area contributed by atoms with Crippen LogP contribution in [0.15, 0.2) is 103 Å². The van der Waals surface area contributed by atoms with Crippen molar-refractivity contribution in [2.24, 2.45) is 0 Å². The summed E-state index contributed by atoms with van der Waals surface area (Å²) in [6.45, 7) is 0. The standard InChI is InChI=1S/C29H22F3NO/c30-29(31,32)21-20-28(24-14-5-2-6-15-24,19-18-22-10-3-1-4-11-22)27(34)33-26-17-9-13-23-12-7-8-16-25(23)26/h1-17H,20-21H2,(H,33,34)/t28-/m0/s1. The van der Waals surface area contributed by atoms with Gasteiger partial charge in [0.2, 0.25) is 5.91 Å². The van der Waals surface area contributed by atoms with E-state index in [2.05, 4.69) is 17.2 Å². The van der Waals surface area contributed by atoms with Crippen LogP contribution >= 0.6 is 0 Å². The third-order valence-corrected chi connectivity index (χ3v) is 5.67. The summed E-state index contributed by atoms with van der Waals surface area (Å²) in [5, 5.41) is 4.60. The highest BCUT2D eigenvalue weighted by Gasteiger charge is 2.42. The van der Waals surface area contributed by atoms with Crippen molar-refractivity contribution in [3.63, 3.8) is 0 Å². The molecule has 0 radical (unpaired) electrons. The summed E-state index contributed by atoms with van der Waals surface area (Å²) in [6, 6.07) is 30.3. The Balaban J connectivity index is 1.84. The summed E-state index contributed by atoms with van der Waals surface area (Å²) in [7, 11) is 0. The number of rotatable bonds is 5. The molecule has 170 valence electrons. The zero-order valence-electron chi connectivity index (χ0n) is 18.3. The Morgan fingerprint density at radius 2 is 1.35 bits per heavy atom. The molecule has 1 atom stereocenters. The van der Waals surface area contributed by atoms with Gasteiger partial charge in [-0.1, -0.05) is 96.8 Å². The molecule has 0 saturated carbocycles. The van der Waals surface area contributed by atoms with Gasteiger partial charge < -0.3 is 5.32 Å². The lowest BCUT2D eigenvalue weighted by Gasteiger charge is -2.29. The molecule has 0 saturated heterocycles. The third-order valence-electron chi connectivity index (χ3n) is 5.67. The van der Waals surface area contributed by atoms with E-state index in [0.717, 1.165) is 10.8 Å². The van der Waals surface area contributed by atoms with Gasteiger partial charge in [-0.25, -0.2) is 0 Å². The normalized spacial score (nSPS) is 12.9. The van der Waals surface area contributed by atoms with Crippen LogP contribution < -0.4 is 5.32 Å². The van der Waals surface area contributed by atoms with Gasteiger partial charge in [0, 0.05) is 23.1 Å². The highest BCUT2D eigenvalue weighted by Crippen LogP contribution is 2.36. The summed E-state index contributed by atoms with van der Waals surface area (Å²) in [6.07, 6.45) is -6.08. The van der Waals surface area contributed by atoms with Gasteiger partial charge in [0.1, 0.15) is 5.41 Å². The van der Waals surface area contributed by atoms with Gasteiger partial charge in [-0.15, -0.1) is 0 Å². The highest BCUT2D eigenvalue weighted by molar-refractivity contribution is 6.07. The molecule has 4 aromatic carbocycles. The fraction of sp³-hybridized carbons (Fsp3) is 0.138. The van der Waals surface area contributed by atoms with Crippen LogP contribution in [0.3, 0.4) is 0 Å². The smallest absolute Gasteiger partial charge is 0.324 e. The maximum absolute atomic E-state index is 13.8. The molecule has 2 nitrogen and oxygen atoms in total. The molecule has 0 aliphatic rings. The van der Waals surface area contributed by atoms with Crippen molar-refractivity contribution in [2.75, 3.05) is 5.32 Å². The fourth-order valence-electron chi connectivity index (χ4n) is 3.90. The Bertz CT molecular complexity index is 1330. The van der Waals surface area contributed by atoms with Gasteiger partial charge in [0.15, 0.2) is 0 Å². The Morgan fingerprint density at radius 3 is 2.06 bits per heavy atom. The molecule has 4 rings (SSSR count). The van der Waals surface area contributed by atoms with E-state index in [1.54, 1.807) is 66.7 Å². The lowest BCUT2D eigenvalue weighted by molar-refractivity contribution is -0.139. The average molecular weight is 457 g/mol. The first-order chi connectivity index (χ1) is 16.4. The molecule has 1 N–H and O–H groups in total. The lowest BCUT2D eigenvalue weighted by atomic mass is 9.75. The number of alkyl halides is 3. The predicted molar refractivity (Wildman–Crippen MR) is 129 cm³/mol. The van der Waals surface area contributed by atoms with E-state index in [1.165, 1.54) is 0 Å². The van der Waals surface area contributed by atoms with Crippen LogP contribution in [0.5, 0.6) is 0 Å². The Kier molecular flexibility index (Phi) is 6.70. The van der Waals surface area contributed by atoms with Crippen molar-refractivity contribution < 1.29 is 18.0 Å². The second-order valence-electron chi connectivity index (χ2n) is 7.98. The van der Waals surface area contributed by atoms with Gasteiger partial charge in [0.05, 0.1) is 0 Å². The number of amides is 1. The molecule has 0 heterocycles. The molecule has 0 aliphatic heterocycles. The second-order valence-corrected chi connectivity index (χ2v) is 7.98. The van der Waals surface area contributed by atoms with Gasteiger partial charge >= 0.3 is 6.18 Å². The van der Waals surface area contributed by atoms with Crippen molar-refractivity contribution >= 4 is 22.4 Å². The molecular weight excluding hydrogens is 435 g/mol. The number of nitrogens with one attached hydrogen (secondary N) is 1. The second kappa shape index (κ2) is 9.84. The number of hydrogen-bond acceptors (Lipinski definition) is 1. The molecule has 34 heavy (non-hydrogen) atoms. The maximum Gasteiger partial charge on any atom is 0.389 e. The first-order valence-corrected chi connectivity index (χ1v) is 10.9. The van der Waals surface area contributed by atoms with Crippen LogP contribution in [0.25, 0.3) is 10.8 Å². The van der Waals surface area contributed by atoms with Crippen LogP contribution in [-0.4, -0.2) is 12.1 Å². The van der Waals surface area contributed by atoms with Gasteiger partial charge in [-0.3, -0.25) is 4.79 Å². The minimum absolute atomic E-state index is 0.417. The van der Waals surface area contributed by atoms with Crippen LogP contribution in [0.4, 0.5) is 18.9 Å². The number of halogens is 3. The van der Waals surface area contributed by atoms with E-state index in [1.807, 2.05) is 36.4 Å². The van der Waals surface area contributed by atoms with Gasteiger partial charge in [-0.2, -0.15) is 13.2 Å². The molecule has 4 aromatic rings. The minimum Gasteiger partial charge on any atom is -0.324 e. The van der Waals surface area contributed by atoms with E-state index in [-0.39, 0.29) is 0 Å². The van der Waals surface area contributed by atoms with Crippen molar-refractivity contribution in [2.45, 2.75) is 24.4 Å². The summed E-state index contributed by atoms with van der Waals surface area (Å²) in [5.74, 6) is 5.30. The largest absolute Gasteiger partial charge is 0.389 e. The number of carbonyl (C=O) groups is 1. The molecule has 1 amide bonds. The van der Waals surface area contributed by atoms with Gasteiger partial charge in [-0.05, 0) is 35.6 Å². The Morgan fingerprint density at radius 1 is 0.735 bits per heavy atom. The summed E-state index contributed by atoms with van der Waals surface area (Å²) in [4.78, 5) is 13.8. The van der Waals surface area contributed by atoms with E-state index < -0.39 is 30.3 Å². The molecule has 0 aromatic heterocycles. The number of benzene rings is 4. The molecule has 0 fully saturated rings. The first-order valence-electron chi connectivity index (χ1n) is 10.9. The zero-order chi connectivity index (χ0) is 24.0. The van der Waals surface area contributed by atoms with Crippen molar-refractivity contribution in [1.29, 1.82) is 0 Å². The van der Waals surface area contributed by atoms with Crippen molar-refractivity contribution in [1.82, 2.24) is 0 Å². The maximum atomic E-state index is 13.8. The van der Waals surface area contributed by atoms with E-state index >= 15 is 0 Å². The Hall–Kier alpha value is -4.04. The van der Waals surface area contributed by atoms with Crippen LogP contribution in [0.1, 0.15) is 24.0 Å². The van der Waals surface area contributed by atoms with E-state index in [4.69, 9.17) is 0 Å². The molecule has 0 spiro atoms. The van der Waals surface area contributed by atoms with E-state index in [0.29, 0.717) is 16.8 Å². The van der Waals surface area contributed by atoms with Gasteiger partial charge in [0.25, 0.3) is 0 Å². The summed E-state index contributed by atoms with van der Waals surface area (Å²) in [5.41, 5.74) is -0.144. The summed E-state index contributed by atoms with van der Waals surface area (Å²) < 4.78 is 40.2. The fourth-order valence-corrected chi connectivity index (χ4v) is 3.90. The van der Waals surface area contributed by atoms with Crippen LogP contribution in [-0.2, 0) is 10.2 Å². The summed E-state index contributed by atoms with van der Waals surface area (Å²) >= 11 is 0. The van der Waals surface area contributed by atoms with Crippen molar-refractivity contribution in [3.8, 4) is 11.8 Å². The minimum atomic E-state index is -4.44. The highest BCUT2D eigenvalue weighted by atomic mass is 19.4. The third kappa shape index (κ3) is 5.29. The Labute approximate surface area is 196 Å². The van der Waals surface area contributed by atoms with Crippen LogP contribution in [0.2, 0.25) is 0 Å². The topological polar surface area (TPSA) is 29.1 Å². The predicted octanol–water partition coefficient (Wildman–Crippen LogP) is 7.11. The molecule has 5 heteroatoms. The van der Waals surface area contributed by atoms with E-state index in [9.17, 15) is 18.0 Å². The quantitative estimate of drug-likeness (QED) is 0.318. The lowest BCUT2D eigenvalue weighted by Crippen LogP contribution is -2.40. The van der Waals surface area contributed by atoms with Crippen molar-refractivity contribution in [3.05, 3.63) is 114 Å². The molecule has 0 aliphatic carbocycles. The molecule has 0 unspecified atom stereocenters. The first kappa shape index (κ1) is 23.1. The molecule has 0 bridgehead atoms.